The van der Waals surface area contributed by atoms with E-state index in [1.807, 2.05) is 0 Å². The van der Waals surface area contributed by atoms with Gasteiger partial charge in [0.2, 0.25) is 5.90 Å². The normalized spacial score (nSPS) is 20.7. The van der Waals surface area contributed by atoms with Crippen LogP contribution in [0, 0.1) is 11.3 Å². The lowest BCUT2D eigenvalue weighted by atomic mass is 9.99. The Hall–Kier alpha value is -1.69. The van der Waals surface area contributed by atoms with Crippen molar-refractivity contribution in [1.29, 1.82) is 5.41 Å². The molecular formula is C9H13N3O3. The molecule has 82 valence electrons. The lowest BCUT2D eigenvalue weighted by Gasteiger charge is -2.19. The zero-order chi connectivity index (χ0) is 11.4. The molecule has 0 aromatic carbocycles. The molecule has 0 radical (unpaired) electrons. The minimum absolute atomic E-state index is 0.0650. The minimum Gasteiger partial charge on any atom is -0.480 e. The highest BCUT2D eigenvalue weighted by Crippen LogP contribution is 2.14. The third-order valence-electron chi connectivity index (χ3n) is 2.02. The van der Waals surface area contributed by atoms with Crippen molar-refractivity contribution in [2.75, 3.05) is 20.7 Å². The fraction of sp³-hybridized carbons (Fsp3) is 0.444. The Kier molecular flexibility index (Phi) is 3.56. The molecule has 3 N–H and O–H groups in total. The molecule has 0 aromatic heterocycles. The summed E-state index contributed by atoms with van der Waals surface area (Å²) in [6, 6.07) is 0. The number of methoxy groups -OCH3 is 1. The number of hydrogen-bond donors (Lipinski definition) is 3. The van der Waals surface area contributed by atoms with E-state index < -0.39 is 5.97 Å². The maximum absolute atomic E-state index is 10.8. The molecule has 1 aliphatic heterocycles. The van der Waals surface area contributed by atoms with E-state index in [0.717, 1.165) is 0 Å². The number of hydrogen-bond acceptors (Lipinski definition) is 5. The number of carboxylic acids is 1. The van der Waals surface area contributed by atoms with Crippen LogP contribution in [0.5, 0.6) is 0 Å². The maximum atomic E-state index is 10.8. The van der Waals surface area contributed by atoms with Crippen molar-refractivity contribution in [3.05, 3.63) is 11.8 Å². The molecule has 1 rings (SSSR count). The molecule has 0 saturated carbocycles. The molecule has 0 saturated heterocycles. The Morgan fingerprint density at radius 2 is 2.47 bits per heavy atom. The van der Waals surface area contributed by atoms with Crippen LogP contribution in [-0.4, -0.2) is 43.4 Å². The van der Waals surface area contributed by atoms with Crippen molar-refractivity contribution in [3.63, 3.8) is 0 Å². The van der Waals surface area contributed by atoms with Crippen LogP contribution in [0.4, 0.5) is 0 Å². The van der Waals surface area contributed by atoms with Gasteiger partial charge < -0.3 is 15.2 Å². The average Bonchev–Trinajstić information content (AvgIpc) is 2.21. The molecule has 0 aliphatic carbocycles. The highest BCUT2D eigenvalue weighted by Gasteiger charge is 2.25. The van der Waals surface area contributed by atoms with Gasteiger partial charge in [0.25, 0.3) is 0 Å². The van der Waals surface area contributed by atoms with Gasteiger partial charge in [-0.2, -0.15) is 0 Å². The summed E-state index contributed by atoms with van der Waals surface area (Å²) in [6.45, 7) is 0.484. The molecular weight excluding hydrogens is 198 g/mol. The Balaban J connectivity index is 2.99. The summed E-state index contributed by atoms with van der Waals surface area (Å²) in [4.78, 5) is 14.5. The van der Waals surface area contributed by atoms with E-state index in [2.05, 4.69) is 10.3 Å². The van der Waals surface area contributed by atoms with Gasteiger partial charge in [-0.1, -0.05) is 0 Å². The van der Waals surface area contributed by atoms with E-state index in [1.165, 1.54) is 13.2 Å². The standard InChI is InChI=1S/C9H13N3O3/c1-11-4-5-3-6(9(13)14)12-8(15-2)7(5)10/h3,5,10-11H,4H2,1-2H3,(H,13,14). The van der Waals surface area contributed by atoms with Crippen LogP contribution in [0.1, 0.15) is 0 Å². The van der Waals surface area contributed by atoms with Crippen molar-refractivity contribution < 1.29 is 14.6 Å². The van der Waals surface area contributed by atoms with Gasteiger partial charge in [0, 0.05) is 12.5 Å². The first-order chi connectivity index (χ1) is 7.10. The molecule has 1 heterocycles. The Labute approximate surface area is 87.2 Å². The van der Waals surface area contributed by atoms with Crippen LogP contribution in [0.2, 0.25) is 0 Å². The van der Waals surface area contributed by atoms with Crippen LogP contribution in [0.25, 0.3) is 0 Å². The van der Waals surface area contributed by atoms with Crippen LogP contribution in [0.3, 0.4) is 0 Å². The van der Waals surface area contributed by atoms with Crippen molar-refractivity contribution in [1.82, 2.24) is 5.32 Å². The third-order valence-corrected chi connectivity index (χ3v) is 2.02. The smallest absolute Gasteiger partial charge is 0.354 e. The van der Waals surface area contributed by atoms with Crippen molar-refractivity contribution in [2.24, 2.45) is 10.9 Å². The monoisotopic (exact) mass is 211 g/mol. The lowest BCUT2D eigenvalue weighted by Crippen LogP contribution is -2.33. The predicted octanol–water partition coefficient (Wildman–Crippen LogP) is -0.131. The molecule has 1 unspecified atom stereocenters. The summed E-state index contributed by atoms with van der Waals surface area (Å²) in [5.41, 5.74) is 0.111. The summed E-state index contributed by atoms with van der Waals surface area (Å²) >= 11 is 0. The van der Waals surface area contributed by atoms with Gasteiger partial charge in [0.05, 0.1) is 7.11 Å². The fourth-order valence-electron chi connectivity index (χ4n) is 1.30. The Morgan fingerprint density at radius 1 is 1.80 bits per heavy atom. The second-order valence-corrected chi connectivity index (χ2v) is 3.06. The molecule has 6 nitrogen and oxygen atoms in total. The molecule has 1 atom stereocenters. The maximum Gasteiger partial charge on any atom is 0.354 e. The molecule has 15 heavy (non-hydrogen) atoms. The SMILES string of the molecule is CNCC1C=C(C(=O)O)N=C(OC)C1=N. The largest absolute Gasteiger partial charge is 0.480 e. The first-order valence-electron chi connectivity index (χ1n) is 4.41. The van der Waals surface area contributed by atoms with Gasteiger partial charge in [0.15, 0.2) is 0 Å². The van der Waals surface area contributed by atoms with E-state index in [9.17, 15) is 4.79 Å². The van der Waals surface area contributed by atoms with Crippen LogP contribution in [-0.2, 0) is 9.53 Å². The van der Waals surface area contributed by atoms with Gasteiger partial charge in [-0.15, -0.1) is 0 Å². The second-order valence-electron chi connectivity index (χ2n) is 3.06. The fourth-order valence-corrected chi connectivity index (χ4v) is 1.30. The molecule has 0 bridgehead atoms. The number of carbonyl (C=O) groups is 1. The predicted molar refractivity (Wildman–Crippen MR) is 55.3 cm³/mol. The summed E-state index contributed by atoms with van der Waals surface area (Å²) in [6.07, 6.45) is 1.45. The van der Waals surface area contributed by atoms with Crippen molar-refractivity contribution in [3.8, 4) is 0 Å². The van der Waals surface area contributed by atoms with Crippen molar-refractivity contribution >= 4 is 17.6 Å². The van der Waals surface area contributed by atoms with Gasteiger partial charge in [-0.05, 0) is 13.1 Å². The highest BCUT2D eigenvalue weighted by atomic mass is 16.5. The van der Waals surface area contributed by atoms with Gasteiger partial charge in [-0.25, -0.2) is 9.79 Å². The number of nitrogens with zero attached hydrogens (tertiary/aromatic N) is 1. The second kappa shape index (κ2) is 4.70. The quantitative estimate of drug-likeness (QED) is 0.606. The van der Waals surface area contributed by atoms with Gasteiger partial charge in [-0.3, -0.25) is 5.41 Å². The van der Waals surface area contributed by atoms with E-state index >= 15 is 0 Å². The van der Waals surface area contributed by atoms with Crippen LogP contribution < -0.4 is 5.32 Å². The Morgan fingerprint density at radius 3 is 2.93 bits per heavy atom. The zero-order valence-electron chi connectivity index (χ0n) is 8.57. The highest BCUT2D eigenvalue weighted by molar-refractivity contribution is 6.40. The van der Waals surface area contributed by atoms with E-state index in [4.69, 9.17) is 15.3 Å². The first-order valence-corrected chi connectivity index (χ1v) is 4.41. The van der Waals surface area contributed by atoms with Crippen LogP contribution >= 0.6 is 0 Å². The molecule has 0 aromatic rings. The van der Waals surface area contributed by atoms with Crippen LogP contribution in [0.15, 0.2) is 16.8 Å². The molecule has 6 heteroatoms. The van der Waals surface area contributed by atoms with Gasteiger partial charge in [0.1, 0.15) is 11.4 Å². The summed E-state index contributed by atoms with van der Waals surface area (Å²) in [5.74, 6) is -1.36. The zero-order valence-corrected chi connectivity index (χ0v) is 8.57. The lowest BCUT2D eigenvalue weighted by molar-refractivity contribution is -0.132. The van der Waals surface area contributed by atoms with E-state index in [1.54, 1.807) is 7.05 Å². The number of ether oxygens (including phenoxy) is 1. The van der Waals surface area contributed by atoms with E-state index in [0.29, 0.717) is 6.54 Å². The Bertz CT molecular complexity index is 347. The number of carboxylic acid groups (broad SMARTS) is 1. The first kappa shape index (κ1) is 11.4. The number of aliphatic imine (C=N–C) groups is 1. The molecule has 0 fully saturated rings. The molecule has 0 spiro atoms. The summed E-state index contributed by atoms with van der Waals surface area (Å²) in [5, 5.41) is 19.4. The van der Waals surface area contributed by atoms with Crippen molar-refractivity contribution in [2.45, 2.75) is 0 Å². The molecule has 1 aliphatic rings. The number of nitrogens with one attached hydrogen (secondary N) is 2. The number of rotatable bonds is 3. The van der Waals surface area contributed by atoms with E-state index in [-0.39, 0.29) is 23.2 Å². The third kappa shape index (κ3) is 2.41. The molecule has 0 amide bonds. The number of aliphatic carboxylic acids is 1. The summed E-state index contributed by atoms with van der Waals surface area (Å²) < 4.78 is 4.85. The topological polar surface area (TPSA) is 94.8 Å². The average molecular weight is 211 g/mol. The summed E-state index contributed by atoms with van der Waals surface area (Å²) in [7, 11) is 3.11. The minimum atomic E-state index is -1.11. The van der Waals surface area contributed by atoms with Gasteiger partial charge >= 0.3 is 5.97 Å².